The molecule has 3 rings (SSSR count). The van der Waals surface area contributed by atoms with Crippen LogP contribution in [-0.2, 0) is 9.53 Å². The van der Waals surface area contributed by atoms with Crippen molar-refractivity contribution < 1.29 is 9.53 Å². The van der Waals surface area contributed by atoms with Gasteiger partial charge in [-0.25, -0.2) is 4.98 Å². The molecule has 0 aromatic carbocycles. The highest BCUT2D eigenvalue weighted by Crippen LogP contribution is 2.17. The summed E-state index contributed by atoms with van der Waals surface area (Å²) in [4.78, 5) is 29.3. The van der Waals surface area contributed by atoms with E-state index in [9.17, 15) is 4.79 Å². The Morgan fingerprint density at radius 3 is 2.86 bits per heavy atom. The zero-order valence-electron chi connectivity index (χ0n) is 11.0. The first-order valence-electron chi connectivity index (χ1n) is 6.15. The molecule has 11 nitrogen and oxygen atoms in total. The van der Waals surface area contributed by atoms with Gasteiger partial charge in [-0.05, 0) is 0 Å². The summed E-state index contributed by atoms with van der Waals surface area (Å²) < 4.78 is 6.60. The molecule has 1 atom stereocenters. The van der Waals surface area contributed by atoms with E-state index in [1.807, 2.05) is 0 Å². The first-order chi connectivity index (χ1) is 10.1. The van der Waals surface area contributed by atoms with E-state index in [0.29, 0.717) is 13.2 Å². The number of primary amides is 1. The third-order valence-corrected chi connectivity index (χ3v) is 2.97. The van der Waals surface area contributed by atoms with Gasteiger partial charge >= 0.3 is 0 Å². The van der Waals surface area contributed by atoms with Crippen molar-refractivity contribution >= 4 is 17.8 Å². The van der Waals surface area contributed by atoms with Crippen LogP contribution in [0.4, 0.5) is 11.9 Å². The lowest BCUT2D eigenvalue weighted by molar-refractivity contribution is -0.121. The number of nitrogens with two attached hydrogens (primary N) is 2. The molecule has 110 valence electrons. The Balaban J connectivity index is 1.99. The van der Waals surface area contributed by atoms with Gasteiger partial charge in [-0.3, -0.25) is 4.79 Å². The molecule has 0 aliphatic carbocycles. The summed E-state index contributed by atoms with van der Waals surface area (Å²) in [5.41, 5.74) is 11.1. The van der Waals surface area contributed by atoms with E-state index < -0.39 is 11.9 Å². The number of anilines is 2. The maximum Gasteiger partial charge on any atom is 0.258 e. The van der Waals surface area contributed by atoms with Crippen molar-refractivity contribution in [3.05, 3.63) is 12.7 Å². The number of hydrogen-bond acceptors (Lipinski definition) is 9. The normalized spacial score (nSPS) is 18.7. The Bertz CT molecular complexity index is 644. The number of nitrogen functional groups attached to an aromatic ring is 1. The summed E-state index contributed by atoms with van der Waals surface area (Å²) in [5.74, 6) is -0.0407. The molecule has 0 bridgehead atoms. The Hall–Kier alpha value is -2.82. The second-order valence-corrected chi connectivity index (χ2v) is 4.32. The lowest BCUT2D eigenvalue weighted by Crippen LogP contribution is -2.53. The topological polar surface area (TPSA) is 151 Å². The van der Waals surface area contributed by atoms with Crippen LogP contribution in [0.2, 0.25) is 0 Å². The summed E-state index contributed by atoms with van der Waals surface area (Å²) >= 11 is 0. The lowest BCUT2D eigenvalue weighted by Gasteiger charge is -2.33. The van der Waals surface area contributed by atoms with Gasteiger partial charge in [0.25, 0.3) is 5.95 Å². The van der Waals surface area contributed by atoms with Crippen molar-refractivity contribution in [3.8, 4) is 5.95 Å². The maximum absolute atomic E-state index is 11.5. The molecule has 1 unspecified atom stereocenters. The number of hydrogen-bond donors (Lipinski definition) is 2. The molecule has 1 aliphatic heterocycles. The molecule has 0 radical (unpaired) electrons. The van der Waals surface area contributed by atoms with Crippen LogP contribution in [0.25, 0.3) is 5.95 Å². The molecule has 2 aromatic rings. The van der Waals surface area contributed by atoms with Gasteiger partial charge in [0.1, 0.15) is 18.7 Å². The minimum absolute atomic E-state index is 0.0141. The molecule has 1 aliphatic rings. The van der Waals surface area contributed by atoms with Gasteiger partial charge in [0.15, 0.2) is 0 Å². The highest BCUT2D eigenvalue weighted by molar-refractivity contribution is 5.83. The van der Waals surface area contributed by atoms with E-state index in [2.05, 4.69) is 25.0 Å². The van der Waals surface area contributed by atoms with Crippen LogP contribution in [0.5, 0.6) is 0 Å². The van der Waals surface area contributed by atoms with Crippen LogP contribution in [-0.4, -0.2) is 61.4 Å². The van der Waals surface area contributed by atoms with E-state index in [0.717, 1.165) is 0 Å². The summed E-state index contributed by atoms with van der Waals surface area (Å²) in [6.07, 6.45) is 2.78. The minimum Gasteiger partial charge on any atom is -0.377 e. The number of amides is 1. The van der Waals surface area contributed by atoms with Crippen LogP contribution < -0.4 is 16.4 Å². The average Bonchev–Trinajstić information content (AvgIpc) is 3.01. The fourth-order valence-electron chi connectivity index (χ4n) is 1.99. The number of morpholine rings is 1. The second kappa shape index (κ2) is 5.28. The van der Waals surface area contributed by atoms with Crippen molar-refractivity contribution in [1.29, 1.82) is 0 Å². The van der Waals surface area contributed by atoms with Crippen molar-refractivity contribution in [2.45, 2.75) is 6.04 Å². The first-order valence-corrected chi connectivity index (χ1v) is 6.15. The molecular weight excluding hydrogens is 278 g/mol. The Labute approximate surface area is 119 Å². The Morgan fingerprint density at radius 1 is 1.33 bits per heavy atom. The second-order valence-electron chi connectivity index (χ2n) is 4.32. The van der Waals surface area contributed by atoms with Gasteiger partial charge < -0.3 is 21.1 Å². The number of carbonyl (C=O) groups excluding carboxylic acids is 1. The quantitative estimate of drug-likeness (QED) is 0.637. The zero-order valence-corrected chi connectivity index (χ0v) is 11.0. The Morgan fingerprint density at radius 2 is 2.14 bits per heavy atom. The molecule has 1 saturated heterocycles. The fraction of sp³-hybridized carbons (Fsp3) is 0.400. The molecule has 2 aromatic heterocycles. The zero-order chi connectivity index (χ0) is 14.8. The third-order valence-electron chi connectivity index (χ3n) is 2.97. The van der Waals surface area contributed by atoms with Crippen molar-refractivity contribution in [1.82, 2.24) is 29.7 Å². The van der Waals surface area contributed by atoms with Crippen molar-refractivity contribution in [2.24, 2.45) is 5.73 Å². The van der Waals surface area contributed by atoms with Gasteiger partial charge in [0.2, 0.25) is 17.8 Å². The molecule has 0 spiro atoms. The molecule has 11 heteroatoms. The number of nitrogens with zero attached hydrogens (tertiary/aromatic N) is 7. The number of aromatic nitrogens is 6. The van der Waals surface area contributed by atoms with E-state index in [4.69, 9.17) is 16.2 Å². The molecule has 1 amide bonds. The number of rotatable bonds is 3. The maximum atomic E-state index is 11.5. The van der Waals surface area contributed by atoms with E-state index >= 15 is 0 Å². The largest absolute Gasteiger partial charge is 0.377 e. The molecule has 4 N–H and O–H groups in total. The number of carbonyl (C=O) groups is 1. The summed E-state index contributed by atoms with van der Waals surface area (Å²) in [6, 6.07) is -0.649. The van der Waals surface area contributed by atoms with Crippen LogP contribution in [0, 0.1) is 0 Å². The monoisotopic (exact) mass is 291 g/mol. The van der Waals surface area contributed by atoms with Gasteiger partial charge in [-0.2, -0.15) is 24.7 Å². The summed E-state index contributed by atoms with van der Waals surface area (Å²) in [7, 11) is 0. The van der Waals surface area contributed by atoms with Crippen molar-refractivity contribution in [2.75, 3.05) is 30.4 Å². The summed E-state index contributed by atoms with van der Waals surface area (Å²) in [6.45, 7) is 1.04. The van der Waals surface area contributed by atoms with Crippen LogP contribution in [0.3, 0.4) is 0 Å². The molecule has 3 heterocycles. The van der Waals surface area contributed by atoms with Gasteiger partial charge in [0, 0.05) is 6.54 Å². The van der Waals surface area contributed by atoms with E-state index in [1.54, 1.807) is 4.90 Å². The van der Waals surface area contributed by atoms with Crippen LogP contribution in [0.15, 0.2) is 12.7 Å². The van der Waals surface area contributed by atoms with Crippen molar-refractivity contribution in [3.63, 3.8) is 0 Å². The minimum atomic E-state index is -0.649. The molecule has 1 fully saturated rings. The fourth-order valence-corrected chi connectivity index (χ4v) is 1.99. The SMILES string of the molecule is NC(=O)C1COCCN1c1nc(N)nc(-n2cncn2)n1. The predicted octanol–water partition coefficient (Wildman–Crippen LogP) is -2.27. The molecule has 0 saturated carbocycles. The summed E-state index contributed by atoms with van der Waals surface area (Å²) in [5, 5.41) is 3.93. The number of ether oxygens (including phenoxy) is 1. The first kappa shape index (κ1) is 13.2. The van der Waals surface area contributed by atoms with Gasteiger partial charge in [-0.1, -0.05) is 0 Å². The standard InChI is InChI=1S/C10H13N9O2/c11-7(20)6-3-21-2-1-18(6)9-15-8(12)16-10(17-9)19-5-13-4-14-19/h4-6H,1-3H2,(H2,11,20)(H2,12,15,16,17). The predicted molar refractivity (Wildman–Crippen MR) is 70.3 cm³/mol. The third kappa shape index (κ3) is 2.58. The van der Waals surface area contributed by atoms with Gasteiger partial charge in [0.05, 0.1) is 13.2 Å². The highest BCUT2D eigenvalue weighted by atomic mass is 16.5. The van der Waals surface area contributed by atoms with Crippen LogP contribution in [0.1, 0.15) is 0 Å². The highest BCUT2D eigenvalue weighted by Gasteiger charge is 2.30. The molecular formula is C10H13N9O2. The smallest absolute Gasteiger partial charge is 0.258 e. The average molecular weight is 291 g/mol. The van der Waals surface area contributed by atoms with E-state index in [1.165, 1.54) is 17.3 Å². The lowest BCUT2D eigenvalue weighted by atomic mass is 10.2. The van der Waals surface area contributed by atoms with Gasteiger partial charge in [-0.15, -0.1) is 0 Å². The van der Waals surface area contributed by atoms with E-state index in [-0.39, 0.29) is 24.5 Å². The molecule has 21 heavy (non-hydrogen) atoms. The Kier molecular flexibility index (Phi) is 3.31. The van der Waals surface area contributed by atoms with Crippen LogP contribution >= 0.6 is 0 Å².